The average molecular weight is 453 g/mol. The van der Waals surface area contributed by atoms with Crippen LogP contribution in [-0.4, -0.2) is 14.1 Å². The van der Waals surface area contributed by atoms with Crippen LogP contribution >= 0.6 is 0 Å². The summed E-state index contributed by atoms with van der Waals surface area (Å²) in [6.45, 7) is 3.89. The molecule has 5 heteroatoms. The van der Waals surface area contributed by atoms with Crippen molar-refractivity contribution in [1.82, 2.24) is 0 Å². The second kappa shape index (κ2) is 8.01. The minimum atomic E-state index is -3.90. The van der Waals surface area contributed by atoms with Crippen LogP contribution in [0.5, 0.6) is 0 Å². The average Bonchev–Trinajstić information content (AvgIpc) is 3.10. The molecule has 0 saturated heterocycles. The second-order valence-electron chi connectivity index (χ2n) is 8.33. The minimum Gasteiger partial charge on any atom is -0.250 e. The van der Waals surface area contributed by atoms with Crippen molar-refractivity contribution in [3.05, 3.63) is 126 Å². The molecule has 0 amide bonds. The van der Waals surface area contributed by atoms with Crippen LogP contribution in [0.25, 0.3) is 0 Å². The number of anilines is 1. The maximum atomic E-state index is 14.2. The Hall–Kier alpha value is -3.70. The Bertz CT molecular complexity index is 1430. The monoisotopic (exact) mass is 452 g/mol. The fourth-order valence-electron chi connectivity index (χ4n) is 4.45. The van der Waals surface area contributed by atoms with Gasteiger partial charge in [-0.2, -0.15) is 0 Å². The Morgan fingerprint density at radius 2 is 1.30 bits per heavy atom. The van der Waals surface area contributed by atoms with E-state index in [1.807, 2.05) is 111 Å². The largest absolute Gasteiger partial charge is 0.265 e. The van der Waals surface area contributed by atoms with E-state index in [0.717, 1.165) is 22.4 Å². The molecule has 4 aromatic carbocycles. The van der Waals surface area contributed by atoms with Gasteiger partial charge in [-0.1, -0.05) is 84.4 Å². The highest BCUT2D eigenvalue weighted by Gasteiger charge is 2.52. The summed E-state index contributed by atoms with van der Waals surface area (Å²) in [5.41, 5.74) is 3.73. The van der Waals surface area contributed by atoms with Gasteiger partial charge in [0.15, 0.2) is 0 Å². The number of hydrogen-bond acceptors (Lipinski definition) is 3. The first kappa shape index (κ1) is 21.2. The van der Waals surface area contributed by atoms with Gasteiger partial charge in [0.2, 0.25) is 0 Å². The predicted molar refractivity (Wildman–Crippen MR) is 134 cm³/mol. The van der Waals surface area contributed by atoms with Crippen LogP contribution < -0.4 is 4.31 Å². The first-order valence-electron chi connectivity index (χ1n) is 10.8. The number of sulfonamides is 1. The van der Waals surface area contributed by atoms with Crippen LogP contribution in [0.4, 0.5) is 11.4 Å². The summed E-state index contributed by atoms with van der Waals surface area (Å²) < 4.78 is 29.9. The Morgan fingerprint density at radius 3 is 1.97 bits per heavy atom. The van der Waals surface area contributed by atoms with Crippen molar-refractivity contribution < 1.29 is 8.42 Å². The zero-order chi connectivity index (χ0) is 23.1. The molecule has 1 aliphatic heterocycles. The molecule has 1 aliphatic rings. The molecule has 0 fully saturated rings. The normalized spacial score (nSPS) is 19.0. The number of fused-ring (bicyclic) bond motifs is 1. The molecule has 0 radical (unpaired) electrons. The van der Waals surface area contributed by atoms with Crippen molar-refractivity contribution in [2.75, 3.05) is 4.31 Å². The van der Waals surface area contributed by atoms with Gasteiger partial charge in [0.25, 0.3) is 10.0 Å². The van der Waals surface area contributed by atoms with Crippen LogP contribution in [0.15, 0.2) is 119 Å². The van der Waals surface area contributed by atoms with E-state index in [-0.39, 0.29) is 4.90 Å². The maximum absolute atomic E-state index is 14.2. The lowest BCUT2D eigenvalue weighted by Gasteiger charge is -2.37. The second-order valence-corrected chi connectivity index (χ2v) is 10.1. The topological polar surface area (TPSA) is 49.7 Å². The van der Waals surface area contributed by atoms with Gasteiger partial charge < -0.3 is 0 Å². The molecule has 0 aromatic heterocycles. The third-order valence-electron chi connectivity index (χ3n) is 6.14. The van der Waals surface area contributed by atoms with E-state index in [2.05, 4.69) is 0 Å². The quantitative estimate of drug-likeness (QED) is 0.368. The van der Waals surface area contributed by atoms with E-state index in [1.54, 1.807) is 12.1 Å². The summed E-state index contributed by atoms with van der Waals surface area (Å²) in [4.78, 5) is 5.27. The van der Waals surface area contributed by atoms with Crippen molar-refractivity contribution in [2.45, 2.75) is 24.3 Å². The molecule has 33 heavy (non-hydrogen) atoms. The van der Waals surface area contributed by atoms with E-state index in [9.17, 15) is 8.42 Å². The Balaban J connectivity index is 1.83. The molecule has 0 N–H and O–H groups in total. The summed E-state index contributed by atoms with van der Waals surface area (Å²) in [5, 5.41) is 0. The van der Waals surface area contributed by atoms with E-state index in [1.165, 1.54) is 4.31 Å². The molecular weight excluding hydrogens is 428 g/mol. The van der Waals surface area contributed by atoms with Crippen LogP contribution in [0.1, 0.15) is 23.6 Å². The van der Waals surface area contributed by atoms with Crippen molar-refractivity contribution in [1.29, 1.82) is 0 Å². The summed E-state index contributed by atoms with van der Waals surface area (Å²) in [5.74, 6) is 0. The standard InChI is InChI=1S/C28H24N2O2S/c1-21-17-19-24(20-18-21)33(31,32)30-26-16-10-9-15-25(26)27(29-23-13-7-4-8-14-23)28(30,2)22-11-5-3-6-12-22/h3-20H,1-2H3. The molecular formula is C28H24N2O2S. The summed E-state index contributed by atoms with van der Waals surface area (Å²) in [6, 6.07) is 34.0. The fourth-order valence-corrected chi connectivity index (χ4v) is 6.23. The minimum absolute atomic E-state index is 0.256. The first-order valence-corrected chi connectivity index (χ1v) is 12.3. The van der Waals surface area contributed by atoms with E-state index in [0.29, 0.717) is 11.4 Å². The molecule has 4 aromatic rings. The van der Waals surface area contributed by atoms with Gasteiger partial charge in [0.05, 0.1) is 22.0 Å². The summed E-state index contributed by atoms with van der Waals surface area (Å²) in [6.07, 6.45) is 0. The van der Waals surface area contributed by atoms with Gasteiger partial charge in [-0.05, 0) is 49.7 Å². The summed E-state index contributed by atoms with van der Waals surface area (Å²) >= 11 is 0. The van der Waals surface area contributed by atoms with Gasteiger partial charge in [-0.3, -0.25) is 0 Å². The van der Waals surface area contributed by atoms with Gasteiger partial charge >= 0.3 is 0 Å². The SMILES string of the molecule is Cc1ccc(S(=O)(=O)N2c3ccccc3C(=Nc3ccccc3)C2(C)c2ccccc2)cc1. The number of aryl methyl sites for hydroxylation is 1. The van der Waals surface area contributed by atoms with Crippen LogP contribution in [0.3, 0.4) is 0 Å². The molecule has 0 spiro atoms. The van der Waals surface area contributed by atoms with Crippen LogP contribution in [0, 0.1) is 6.92 Å². The number of aliphatic imine (C=N–C) groups is 1. The third-order valence-corrected chi connectivity index (χ3v) is 8.05. The molecule has 0 saturated carbocycles. The molecule has 0 aliphatic carbocycles. The Kier molecular flexibility index (Phi) is 5.14. The van der Waals surface area contributed by atoms with Gasteiger partial charge in [0, 0.05) is 5.56 Å². The zero-order valence-corrected chi connectivity index (χ0v) is 19.3. The maximum Gasteiger partial charge on any atom is 0.265 e. The van der Waals surface area contributed by atoms with Crippen molar-refractivity contribution >= 4 is 27.1 Å². The molecule has 1 atom stereocenters. The van der Waals surface area contributed by atoms with Gasteiger partial charge in [-0.25, -0.2) is 17.7 Å². The lowest BCUT2D eigenvalue weighted by Crippen LogP contribution is -2.48. The predicted octanol–water partition coefficient (Wildman–Crippen LogP) is 6.24. The van der Waals surface area contributed by atoms with E-state index >= 15 is 0 Å². The number of para-hydroxylation sites is 2. The smallest absolute Gasteiger partial charge is 0.250 e. The molecule has 5 rings (SSSR count). The molecule has 164 valence electrons. The molecule has 1 heterocycles. The third kappa shape index (κ3) is 3.45. The van der Waals surface area contributed by atoms with Gasteiger partial charge in [0.1, 0.15) is 5.54 Å². The highest BCUT2D eigenvalue weighted by Crippen LogP contribution is 2.49. The number of hydrogen-bond donors (Lipinski definition) is 0. The van der Waals surface area contributed by atoms with E-state index < -0.39 is 15.6 Å². The van der Waals surface area contributed by atoms with Crippen molar-refractivity contribution in [3.63, 3.8) is 0 Å². The molecule has 0 bridgehead atoms. The number of nitrogens with zero attached hydrogens (tertiary/aromatic N) is 2. The molecule has 4 nitrogen and oxygen atoms in total. The van der Waals surface area contributed by atoms with Crippen LogP contribution in [-0.2, 0) is 15.6 Å². The number of rotatable bonds is 4. The highest BCUT2D eigenvalue weighted by molar-refractivity contribution is 7.93. The van der Waals surface area contributed by atoms with Crippen LogP contribution in [0.2, 0.25) is 0 Å². The van der Waals surface area contributed by atoms with Crippen molar-refractivity contribution in [2.24, 2.45) is 4.99 Å². The Morgan fingerprint density at radius 1 is 0.727 bits per heavy atom. The van der Waals surface area contributed by atoms with Crippen molar-refractivity contribution in [3.8, 4) is 0 Å². The highest BCUT2D eigenvalue weighted by atomic mass is 32.2. The summed E-state index contributed by atoms with van der Waals surface area (Å²) in [7, 11) is -3.90. The Labute approximate surface area is 194 Å². The lowest BCUT2D eigenvalue weighted by atomic mass is 9.87. The fraction of sp³-hybridized carbons (Fsp3) is 0.107. The zero-order valence-electron chi connectivity index (χ0n) is 18.5. The lowest BCUT2D eigenvalue weighted by molar-refractivity contribution is 0.571. The van der Waals surface area contributed by atoms with E-state index in [4.69, 9.17) is 4.99 Å². The van der Waals surface area contributed by atoms with Gasteiger partial charge in [-0.15, -0.1) is 0 Å². The first-order chi connectivity index (χ1) is 15.9. The number of benzene rings is 4. The molecule has 1 unspecified atom stereocenters.